The van der Waals surface area contributed by atoms with Gasteiger partial charge >= 0.3 is 0 Å². The van der Waals surface area contributed by atoms with Crippen LogP contribution in [-0.2, 0) is 20.9 Å². The molecule has 6 rings (SSSR count). The maximum Gasteiger partial charge on any atom is 0.177 e. The van der Waals surface area contributed by atoms with Crippen molar-refractivity contribution in [2.75, 3.05) is 0 Å². The van der Waals surface area contributed by atoms with Crippen LogP contribution >= 0.6 is 11.6 Å². The minimum Gasteiger partial charge on any atom is -0.391 e. The van der Waals surface area contributed by atoms with E-state index in [1.54, 1.807) is 5.57 Å². The van der Waals surface area contributed by atoms with Crippen molar-refractivity contribution in [2.45, 2.75) is 118 Å². The van der Waals surface area contributed by atoms with E-state index in [0.717, 1.165) is 47.6 Å². The van der Waals surface area contributed by atoms with Gasteiger partial charge in [0.1, 0.15) is 6.61 Å². The van der Waals surface area contributed by atoms with E-state index in [1.807, 2.05) is 24.3 Å². The van der Waals surface area contributed by atoms with Gasteiger partial charge in [0.15, 0.2) is 6.29 Å². The molecule has 5 aliphatic rings. The van der Waals surface area contributed by atoms with Gasteiger partial charge in [0.05, 0.1) is 17.9 Å². The molecule has 3 fully saturated rings. The van der Waals surface area contributed by atoms with Gasteiger partial charge in [0, 0.05) is 16.9 Å². The minimum atomic E-state index is -0.187. The van der Waals surface area contributed by atoms with Gasteiger partial charge in [-0.15, -0.1) is 0 Å². The predicted molar refractivity (Wildman–Crippen MR) is 167 cm³/mol. The number of hydrogen-bond donors (Lipinski definition) is 0. The summed E-state index contributed by atoms with van der Waals surface area (Å²) in [5, 5.41) is 5.41. The van der Waals surface area contributed by atoms with Crippen LogP contribution < -0.4 is 0 Å². The molecule has 5 heteroatoms. The van der Waals surface area contributed by atoms with Crippen molar-refractivity contribution in [3.63, 3.8) is 0 Å². The van der Waals surface area contributed by atoms with Crippen LogP contribution in [0.3, 0.4) is 0 Å². The molecule has 4 aliphatic carbocycles. The molecule has 1 aromatic carbocycles. The minimum absolute atomic E-state index is 0.187. The van der Waals surface area contributed by atoms with Crippen molar-refractivity contribution >= 4 is 17.3 Å². The highest BCUT2D eigenvalue weighted by Gasteiger charge is 2.59. The number of benzene rings is 1. The van der Waals surface area contributed by atoms with Gasteiger partial charge in [-0.2, -0.15) is 0 Å². The zero-order chi connectivity index (χ0) is 28.8. The summed E-state index contributed by atoms with van der Waals surface area (Å²) in [6.07, 6.45) is 18.3. The molecule has 0 bridgehead atoms. The fraction of sp³-hybridized carbons (Fsp3) is 0.694. The molecule has 0 spiro atoms. The Labute approximate surface area is 252 Å². The summed E-state index contributed by atoms with van der Waals surface area (Å²) in [7, 11) is 0. The van der Waals surface area contributed by atoms with Crippen LogP contribution in [0.2, 0.25) is 5.02 Å². The quantitative estimate of drug-likeness (QED) is 0.183. The van der Waals surface area contributed by atoms with E-state index < -0.39 is 0 Å². The first kappa shape index (κ1) is 29.5. The van der Waals surface area contributed by atoms with Gasteiger partial charge in [-0.3, -0.25) is 0 Å². The molecule has 224 valence electrons. The van der Waals surface area contributed by atoms with Gasteiger partial charge < -0.3 is 14.3 Å². The second-order valence-electron chi connectivity index (χ2n) is 14.3. The molecule has 3 saturated carbocycles. The van der Waals surface area contributed by atoms with Crippen molar-refractivity contribution in [1.82, 2.24) is 0 Å². The predicted octanol–water partition coefficient (Wildman–Crippen LogP) is 9.52. The maximum absolute atomic E-state index is 6.55. The molecule has 0 aromatic heterocycles. The fourth-order valence-electron chi connectivity index (χ4n) is 9.75. The number of oxime groups is 1. The third kappa shape index (κ3) is 5.58. The van der Waals surface area contributed by atoms with Crippen LogP contribution in [0.1, 0.15) is 98.0 Å². The largest absolute Gasteiger partial charge is 0.391 e. The highest BCUT2D eigenvalue weighted by molar-refractivity contribution is 6.30. The Morgan fingerprint density at radius 1 is 1.05 bits per heavy atom. The van der Waals surface area contributed by atoms with Crippen LogP contribution in [0.4, 0.5) is 0 Å². The lowest BCUT2D eigenvalue weighted by Crippen LogP contribution is -2.51. The Morgan fingerprint density at radius 2 is 1.85 bits per heavy atom. The SMILES string of the molecule is CC[C@H]1OC(O[C@H]2CC[C@@]3(C)C(=CCC4C3CC[C@@]3(C)C4CC[C@@H]3/C(C)=N/OCc3ccc(Cl)cc3)C2)C=C[C@@H]1C. The Hall–Kier alpha value is -1.62. The van der Waals surface area contributed by atoms with Crippen LogP contribution in [0.15, 0.2) is 53.2 Å². The van der Waals surface area contributed by atoms with Gasteiger partial charge in [0.25, 0.3) is 0 Å². The van der Waals surface area contributed by atoms with E-state index in [2.05, 4.69) is 58.0 Å². The topological polar surface area (TPSA) is 40.0 Å². The normalized spacial score (nSPS) is 42.2. The van der Waals surface area contributed by atoms with Crippen LogP contribution in [0, 0.1) is 40.4 Å². The molecule has 0 saturated heterocycles. The number of fused-ring (bicyclic) bond motifs is 5. The molecular formula is C36H50ClNO3. The average Bonchev–Trinajstić information content (AvgIpc) is 3.32. The molecule has 10 atom stereocenters. The first-order chi connectivity index (χ1) is 19.7. The van der Waals surface area contributed by atoms with E-state index in [4.69, 9.17) is 25.9 Å². The Kier molecular flexibility index (Phi) is 8.48. The standard InChI is InChI=1S/C36H50ClNO3/c1-6-33-23(2)7-16-34(41-33)40-28-17-19-35(4)26(21-28)10-13-29-31-15-14-30(36(31,5)20-18-32(29)35)24(3)38-39-22-25-8-11-27(37)12-9-25/h7-12,16,23,28-34H,6,13-15,17-22H2,1-5H3/b38-24+/t23-,28-,29?,30+,31?,32?,33+,34?,35-,36+/m0/s1. The first-order valence-corrected chi connectivity index (χ1v) is 16.7. The second kappa shape index (κ2) is 11.8. The van der Waals surface area contributed by atoms with Gasteiger partial charge in [-0.1, -0.05) is 74.3 Å². The summed E-state index contributed by atoms with van der Waals surface area (Å²) in [4.78, 5) is 5.84. The number of rotatable bonds is 7. The lowest BCUT2D eigenvalue weighted by Gasteiger charge is -2.58. The maximum atomic E-state index is 6.55. The van der Waals surface area contributed by atoms with Crippen molar-refractivity contribution in [2.24, 2.45) is 45.6 Å². The third-order valence-electron chi connectivity index (χ3n) is 12.1. The fourth-order valence-corrected chi connectivity index (χ4v) is 9.88. The summed E-state index contributed by atoms with van der Waals surface area (Å²) < 4.78 is 12.8. The molecule has 41 heavy (non-hydrogen) atoms. The van der Waals surface area contributed by atoms with Gasteiger partial charge in [-0.05, 0) is 117 Å². The first-order valence-electron chi connectivity index (χ1n) is 16.3. The summed E-state index contributed by atoms with van der Waals surface area (Å²) in [5.41, 5.74) is 4.58. The molecular weight excluding hydrogens is 530 g/mol. The second-order valence-corrected chi connectivity index (χ2v) is 14.7. The van der Waals surface area contributed by atoms with Crippen molar-refractivity contribution in [1.29, 1.82) is 0 Å². The van der Waals surface area contributed by atoms with Crippen LogP contribution in [-0.4, -0.2) is 24.2 Å². The molecule has 1 aliphatic heterocycles. The van der Waals surface area contributed by atoms with Gasteiger partial charge in [-0.25, -0.2) is 0 Å². The van der Waals surface area contributed by atoms with E-state index in [9.17, 15) is 0 Å². The average molecular weight is 580 g/mol. The number of ether oxygens (including phenoxy) is 2. The number of nitrogens with zero attached hydrogens (tertiary/aromatic N) is 1. The van der Waals surface area contributed by atoms with E-state index in [1.165, 1.54) is 44.2 Å². The zero-order valence-electron chi connectivity index (χ0n) is 25.8. The molecule has 0 N–H and O–H groups in total. The number of allylic oxidation sites excluding steroid dienone is 1. The summed E-state index contributed by atoms with van der Waals surface area (Å²) in [5.74, 6) is 3.32. The highest BCUT2D eigenvalue weighted by atomic mass is 35.5. The smallest absolute Gasteiger partial charge is 0.177 e. The number of halogens is 1. The Morgan fingerprint density at radius 3 is 2.63 bits per heavy atom. The third-order valence-corrected chi connectivity index (χ3v) is 12.4. The molecule has 1 heterocycles. The summed E-state index contributed by atoms with van der Waals surface area (Å²) in [6.45, 7) is 12.3. The lowest BCUT2D eigenvalue weighted by atomic mass is 9.47. The molecule has 1 aromatic rings. The van der Waals surface area contributed by atoms with E-state index in [-0.39, 0.29) is 18.5 Å². The summed E-state index contributed by atoms with van der Waals surface area (Å²) in [6, 6.07) is 7.84. The van der Waals surface area contributed by atoms with E-state index in [0.29, 0.717) is 29.3 Å². The summed E-state index contributed by atoms with van der Waals surface area (Å²) >= 11 is 6.03. The van der Waals surface area contributed by atoms with Crippen molar-refractivity contribution < 1.29 is 14.3 Å². The molecule has 0 radical (unpaired) electrons. The lowest BCUT2D eigenvalue weighted by molar-refractivity contribution is -0.188. The van der Waals surface area contributed by atoms with Crippen molar-refractivity contribution in [3.8, 4) is 0 Å². The Bertz CT molecular complexity index is 1180. The van der Waals surface area contributed by atoms with Crippen LogP contribution in [0.5, 0.6) is 0 Å². The molecule has 4 nitrogen and oxygen atoms in total. The van der Waals surface area contributed by atoms with Crippen molar-refractivity contribution in [3.05, 3.63) is 58.7 Å². The highest BCUT2D eigenvalue weighted by Crippen LogP contribution is 2.66. The molecule has 4 unspecified atom stereocenters. The monoisotopic (exact) mass is 579 g/mol. The van der Waals surface area contributed by atoms with E-state index >= 15 is 0 Å². The Balaban J connectivity index is 1.10. The molecule has 0 amide bonds. The number of hydrogen-bond acceptors (Lipinski definition) is 4. The van der Waals surface area contributed by atoms with Gasteiger partial charge in [0.2, 0.25) is 0 Å². The zero-order valence-corrected chi connectivity index (χ0v) is 26.5. The van der Waals surface area contributed by atoms with Crippen LogP contribution in [0.25, 0.3) is 0 Å².